The van der Waals surface area contributed by atoms with Crippen molar-refractivity contribution in [1.82, 2.24) is 10.6 Å². The summed E-state index contributed by atoms with van der Waals surface area (Å²) < 4.78 is 10.7. The third-order valence-corrected chi connectivity index (χ3v) is 3.33. The SMILES string of the molecule is CC/C=C\CC(=O)NCCOCCOCCNC(=O)c1ccccc1O. The highest BCUT2D eigenvalue weighted by Gasteiger charge is 2.08. The minimum atomic E-state index is -0.340. The Kier molecular flexibility index (Phi) is 11.5. The summed E-state index contributed by atoms with van der Waals surface area (Å²) in [7, 11) is 0. The van der Waals surface area contributed by atoms with Gasteiger partial charge in [-0.15, -0.1) is 0 Å². The lowest BCUT2D eigenvalue weighted by molar-refractivity contribution is -0.120. The Labute approximate surface area is 154 Å². The second-order valence-corrected chi connectivity index (χ2v) is 5.43. The molecule has 0 atom stereocenters. The summed E-state index contributed by atoms with van der Waals surface area (Å²) in [5, 5.41) is 15.0. The molecule has 0 saturated carbocycles. The zero-order valence-electron chi connectivity index (χ0n) is 15.2. The zero-order chi connectivity index (χ0) is 19.0. The summed E-state index contributed by atoms with van der Waals surface area (Å²) in [5.41, 5.74) is 0.239. The largest absolute Gasteiger partial charge is 0.507 e. The second kappa shape index (κ2) is 13.9. The van der Waals surface area contributed by atoms with Gasteiger partial charge in [0.1, 0.15) is 5.75 Å². The molecule has 0 fully saturated rings. The average Bonchev–Trinajstić information content (AvgIpc) is 2.63. The number of carbonyl (C=O) groups excluding carboxylic acids is 2. The fraction of sp³-hybridized carbons (Fsp3) is 0.474. The number of benzene rings is 1. The molecule has 0 aliphatic carbocycles. The quantitative estimate of drug-likeness (QED) is 0.365. The number of hydrogen-bond acceptors (Lipinski definition) is 5. The van der Waals surface area contributed by atoms with Gasteiger partial charge in [0.05, 0.1) is 32.0 Å². The highest BCUT2D eigenvalue weighted by molar-refractivity contribution is 5.96. The third-order valence-electron chi connectivity index (χ3n) is 3.33. The Hall–Kier alpha value is -2.38. The van der Waals surface area contributed by atoms with E-state index in [2.05, 4.69) is 10.6 Å². The fourth-order valence-electron chi connectivity index (χ4n) is 2.01. The van der Waals surface area contributed by atoms with Gasteiger partial charge in [0.25, 0.3) is 5.91 Å². The van der Waals surface area contributed by atoms with Crippen LogP contribution in [-0.2, 0) is 14.3 Å². The molecule has 144 valence electrons. The molecule has 0 aliphatic rings. The molecule has 0 radical (unpaired) electrons. The number of nitrogens with one attached hydrogen (secondary N) is 2. The molecule has 0 aromatic heterocycles. The van der Waals surface area contributed by atoms with Crippen LogP contribution in [0.4, 0.5) is 0 Å². The molecule has 0 spiro atoms. The highest BCUT2D eigenvalue weighted by Crippen LogP contribution is 2.14. The van der Waals surface area contributed by atoms with Crippen LogP contribution in [0.1, 0.15) is 30.1 Å². The molecule has 7 heteroatoms. The van der Waals surface area contributed by atoms with E-state index in [0.29, 0.717) is 45.9 Å². The lowest BCUT2D eigenvalue weighted by Crippen LogP contribution is -2.28. The molecule has 0 bridgehead atoms. The number of amides is 2. The summed E-state index contributed by atoms with van der Waals surface area (Å²) in [6.45, 7) is 4.43. The first kappa shape index (κ1) is 21.7. The molecule has 1 aromatic carbocycles. The maximum atomic E-state index is 11.8. The van der Waals surface area contributed by atoms with Gasteiger partial charge in [-0.1, -0.05) is 31.2 Å². The molecule has 3 N–H and O–H groups in total. The first-order valence-corrected chi connectivity index (χ1v) is 8.78. The van der Waals surface area contributed by atoms with Crippen LogP contribution in [0.3, 0.4) is 0 Å². The summed E-state index contributed by atoms with van der Waals surface area (Å²) in [4.78, 5) is 23.2. The Morgan fingerprint density at radius 2 is 1.65 bits per heavy atom. The van der Waals surface area contributed by atoms with Gasteiger partial charge >= 0.3 is 0 Å². The topological polar surface area (TPSA) is 96.9 Å². The van der Waals surface area contributed by atoms with Crippen LogP contribution >= 0.6 is 0 Å². The minimum absolute atomic E-state index is 0.0188. The lowest BCUT2D eigenvalue weighted by Gasteiger charge is -2.08. The van der Waals surface area contributed by atoms with Crippen LogP contribution in [-0.4, -0.2) is 56.4 Å². The Morgan fingerprint density at radius 3 is 2.31 bits per heavy atom. The van der Waals surface area contributed by atoms with E-state index in [9.17, 15) is 14.7 Å². The summed E-state index contributed by atoms with van der Waals surface area (Å²) >= 11 is 0. The predicted octanol–water partition coefficient (Wildman–Crippen LogP) is 1.63. The smallest absolute Gasteiger partial charge is 0.255 e. The van der Waals surface area contributed by atoms with Gasteiger partial charge in [-0.05, 0) is 18.6 Å². The van der Waals surface area contributed by atoms with Crippen molar-refractivity contribution in [1.29, 1.82) is 0 Å². The van der Waals surface area contributed by atoms with Gasteiger partial charge in [-0.25, -0.2) is 0 Å². The first-order valence-electron chi connectivity index (χ1n) is 8.78. The Morgan fingerprint density at radius 1 is 1.00 bits per heavy atom. The number of para-hydroxylation sites is 1. The van der Waals surface area contributed by atoms with Gasteiger partial charge in [0.2, 0.25) is 5.91 Å². The molecule has 0 heterocycles. The van der Waals surface area contributed by atoms with Crippen molar-refractivity contribution in [2.45, 2.75) is 19.8 Å². The maximum Gasteiger partial charge on any atom is 0.255 e. The first-order chi connectivity index (χ1) is 12.6. The Balaban J connectivity index is 1.94. The molecule has 26 heavy (non-hydrogen) atoms. The average molecular weight is 364 g/mol. The molecule has 0 unspecified atom stereocenters. The Bertz CT molecular complexity index is 575. The number of rotatable bonds is 13. The van der Waals surface area contributed by atoms with Crippen LogP contribution < -0.4 is 10.6 Å². The molecule has 7 nitrogen and oxygen atoms in total. The van der Waals surface area contributed by atoms with E-state index in [1.54, 1.807) is 18.2 Å². The molecular formula is C19H28N2O5. The predicted molar refractivity (Wildman–Crippen MR) is 99.1 cm³/mol. The van der Waals surface area contributed by atoms with Gasteiger partial charge in [0.15, 0.2) is 0 Å². The van der Waals surface area contributed by atoms with Crippen molar-refractivity contribution in [2.24, 2.45) is 0 Å². The zero-order valence-corrected chi connectivity index (χ0v) is 15.2. The number of hydrogen-bond donors (Lipinski definition) is 3. The molecule has 1 rings (SSSR count). The van der Waals surface area contributed by atoms with E-state index >= 15 is 0 Å². The lowest BCUT2D eigenvalue weighted by atomic mass is 10.2. The van der Waals surface area contributed by atoms with Gasteiger partial charge in [-0.2, -0.15) is 0 Å². The second-order valence-electron chi connectivity index (χ2n) is 5.43. The van der Waals surface area contributed by atoms with E-state index in [1.165, 1.54) is 6.07 Å². The number of ether oxygens (including phenoxy) is 2. The van der Waals surface area contributed by atoms with E-state index in [-0.39, 0.29) is 23.1 Å². The molecular weight excluding hydrogens is 336 g/mol. The van der Waals surface area contributed by atoms with Gasteiger partial charge < -0.3 is 25.2 Å². The van der Waals surface area contributed by atoms with Crippen molar-refractivity contribution in [3.8, 4) is 5.75 Å². The normalized spacial score (nSPS) is 10.8. The van der Waals surface area contributed by atoms with E-state index in [4.69, 9.17) is 9.47 Å². The number of phenols is 1. The van der Waals surface area contributed by atoms with E-state index in [0.717, 1.165) is 6.42 Å². The van der Waals surface area contributed by atoms with Crippen molar-refractivity contribution in [3.05, 3.63) is 42.0 Å². The molecule has 1 aromatic rings. The summed E-state index contributed by atoms with van der Waals surface area (Å²) in [5.74, 6) is -0.407. The maximum absolute atomic E-state index is 11.8. The van der Waals surface area contributed by atoms with Crippen LogP contribution in [0.2, 0.25) is 0 Å². The third kappa shape index (κ3) is 9.80. The van der Waals surface area contributed by atoms with Crippen molar-refractivity contribution < 1.29 is 24.2 Å². The van der Waals surface area contributed by atoms with Crippen LogP contribution in [0.25, 0.3) is 0 Å². The van der Waals surface area contributed by atoms with E-state index < -0.39 is 0 Å². The van der Waals surface area contributed by atoms with Crippen LogP contribution in [0.15, 0.2) is 36.4 Å². The molecule has 0 aliphatic heterocycles. The minimum Gasteiger partial charge on any atom is -0.507 e. The standard InChI is InChI=1S/C19H28N2O5/c1-2-3-4-9-18(23)20-10-12-25-14-15-26-13-11-21-19(24)16-7-5-6-8-17(16)22/h3-8,22H,2,9-15H2,1H3,(H,20,23)(H,21,24)/b4-3-. The van der Waals surface area contributed by atoms with Crippen LogP contribution in [0, 0.1) is 0 Å². The number of phenolic OH excluding ortho intramolecular Hbond substituents is 1. The van der Waals surface area contributed by atoms with Gasteiger partial charge in [0, 0.05) is 19.5 Å². The number of carbonyl (C=O) groups is 2. The highest BCUT2D eigenvalue weighted by atomic mass is 16.5. The van der Waals surface area contributed by atoms with Crippen molar-refractivity contribution in [2.75, 3.05) is 39.5 Å². The molecule has 2 amide bonds. The number of allylic oxidation sites excluding steroid dienone is 1. The van der Waals surface area contributed by atoms with Crippen molar-refractivity contribution in [3.63, 3.8) is 0 Å². The fourth-order valence-corrected chi connectivity index (χ4v) is 2.01. The molecule has 0 saturated heterocycles. The summed E-state index contributed by atoms with van der Waals surface area (Å²) in [6.07, 6.45) is 5.12. The number of aromatic hydroxyl groups is 1. The monoisotopic (exact) mass is 364 g/mol. The van der Waals surface area contributed by atoms with Crippen molar-refractivity contribution >= 4 is 11.8 Å². The van der Waals surface area contributed by atoms with Crippen LogP contribution in [0.5, 0.6) is 5.75 Å². The van der Waals surface area contributed by atoms with Gasteiger partial charge in [-0.3, -0.25) is 9.59 Å². The summed E-state index contributed by atoms with van der Waals surface area (Å²) in [6, 6.07) is 6.36. The van der Waals surface area contributed by atoms with E-state index in [1.807, 2.05) is 19.1 Å².